The molecule has 27 heavy (non-hydrogen) atoms. The summed E-state index contributed by atoms with van der Waals surface area (Å²) >= 11 is 1.47. The molecule has 0 N–H and O–H groups in total. The minimum atomic E-state index is -3.49. The van der Waals surface area contributed by atoms with Gasteiger partial charge in [-0.25, -0.2) is 8.42 Å². The van der Waals surface area contributed by atoms with Gasteiger partial charge >= 0.3 is 0 Å². The lowest BCUT2D eigenvalue weighted by Gasteiger charge is -2.25. The van der Waals surface area contributed by atoms with E-state index >= 15 is 0 Å². The Labute approximate surface area is 163 Å². The molecule has 2 aliphatic rings. The Kier molecular flexibility index (Phi) is 5.82. The maximum absolute atomic E-state index is 12.9. The van der Waals surface area contributed by atoms with E-state index in [4.69, 9.17) is 9.15 Å². The third-order valence-electron chi connectivity index (χ3n) is 4.86. The van der Waals surface area contributed by atoms with Crippen LogP contribution in [0.2, 0.25) is 0 Å². The van der Waals surface area contributed by atoms with Crippen molar-refractivity contribution in [3.05, 3.63) is 24.3 Å². The van der Waals surface area contributed by atoms with Crippen LogP contribution in [0.4, 0.5) is 0 Å². The number of piperidine rings is 1. The van der Waals surface area contributed by atoms with Crippen LogP contribution in [0.5, 0.6) is 0 Å². The summed E-state index contributed by atoms with van der Waals surface area (Å²) in [5, 5.41) is 8.62. The van der Waals surface area contributed by atoms with Gasteiger partial charge in [0.2, 0.25) is 15.9 Å². The predicted molar refractivity (Wildman–Crippen MR) is 102 cm³/mol. The molecule has 3 heterocycles. The quantitative estimate of drug-likeness (QED) is 0.677. The first-order chi connectivity index (χ1) is 13.1. The van der Waals surface area contributed by atoms with E-state index in [9.17, 15) is 8.42 Å². The van der Waals surface area contributed by atoms with Crippen molar-refractivity contribution >= 4 is 21.8 Å². The molecule has 146 valence electrons. The summed E-state index contributed by atoms with van der Waals surface area (Å²) in [7, 11) is -3.49. The highest BCUT2D eigenvalue weighted by atomic mass is 32.2. The summed E-state index contributed by atoms with van der Waals surface area (Å²) in [5.41, 5.74) is 0.615. The molecule has 0 radical (unpaired) electrons. The topological polar surface area (TPSA) is 85.5 Å². The molecule has 2 aromatic rings. The van der Waals surface area contributed by atoms with E-state index in [0.29, 0.717) is 29.8 Å². The van der Waals surface area contributed by atoms with E-state index in [2.05, 4.69) is 10.2 Å². The fourth-order valence-electron chi connectivity index (χ4n) is 3.37. The van der Waals surface area contributed by atoms with Crippen LogP contribution >= 0.6 is 11.8 Å². The molecule has 0 unspecified atom stereocenters. The van der Waals surface area contributed by atoms with E-state index < -0.39 is 10.0 Å². The fraction of sp³-hybridized carbons (Fsp3) is 0.556. The fourth-order valence-corrected chi connectivity index (χ4v) is 5.76. The van der Waals surface area contributed by atoms with Crippen LogP contribution in [0.1, 0.15) is 32.1 Å². The molecule has 1 atom stereocenters. The standard InChI is InChI=1S/C18H23N3O4S2/c22-27(23,21-9-2-1-3-10-21)16-8-4-6-14(12-16)17-19-20-18(25-17)26-13-15-7-5-11-24-15/h4,6,8,12,15H,1-3,5,7,9-11,13H2/t15-/m0/s1. The molecule has 0 bridgehead atoms. The minimum Gasteiger partial charge on any atom is -0.411 e. The Bertz CT molecular complexity index is 872. The lowest BCUT2D eigenvalue weighted by atomic mass is 10.2. The molecular weight excluding hydrogens is 386 g/mol. The van der Waals surface area contributed by atoms with Crippen molar-refractivity contribution in [3.8, 4) is 11.5 Å². The SMILES string of the molecule is O=S(=O)(c1cccc(-c2nnc(SC[C@@H]3CCCO3)o2)c1)N1CCCCC1. The largest absolute Gasteiger partial charge is 0.411 e. The normalized spacial score (nSPS) is 21.6. The molecule has 0 spiro atoms. The van der Waals surface area contributed by atoms with E-state index in [0.717, 1.165) is 44.5 Å². The highest BCUT2D eigenvalue weighted by Gasteiger charge is 2.26. The van der Waals surface area contributed by atoms with Crippen molar-refractivity contribution in [3.63, 3.8) is 0 Å². The zero-order valence-corrected chi connectivity index (χ0v) is 16.7. The maximum Gasteiger partial charge on any atom is 0.276 e. The van der Waals surface area contributed by atoms with Crippen molar-refractivity contribution in [2.45, 2.75) is 48.3 Å². The Hall–Kier alpha value is -1.42. The van der Waals surface area contributed by atoms with E-state index in [1.165, 1.54) is 11.8 Å². The number of ether oxygens (including phenoxy) is 1. The van der Waals surface area contributed by atoms with Crippen molar-refractivity contribution in [2.24, 2.45) is 0 Å². The zero-order valence-electron chi connectivity index (χ0n) is 15.0. The highest BCUT2D eigenvalue weighted by molar-refractivity contribution is 7.99. The first-order valence-corrected chi connectivity index (χ1v) is 11.7. The van der Waals surface area contributed by atoms with Gasteiger partial charge in [-0.3, -0.25) is 0 Å². The number of aromatic nitrogens is 2. The monoisotopic (exact) mass is 409 g/mol. The smallest absolute Gasteiger partial charge is 0.276 e. The van der Waals surface area contributed by atoms with E-state index in [-0.39, 0.29) is 11.0 Å². The number of hydrogen-bond acceptors (Lipinski definition) is 7. The van der Waals surface area contributed by atoms with Crippen LogP contribution in [0.3, 0.4) is 0 Å². The molecule has 4 rings (SSSR count). The number of hydrogen-bond donors (Lipinski definition) is 0. The Morgan fingerprint density at radius 1 is 1.15 bits per heavy atom. The average Bonchev–Trinajstić information content (AvgIpc) is 3.39. The summed E-state index contributed by atoms with van der Waals surface area (Å²) in [6.45, 7) is 1.98. The molecule has 2 aliphatic heterocycles. The summed E-state index contributed by atoms with van der Waals surface area (Å²) < 4.78 is 38.6. The maximum atomic E-state index is 12.9. The van der Waals surface area contributed by atoms with Gasteiger partial charge in [0.1, 0.15) is 0 Å². The summed E-state index contributed by atoms with van der Waals surface area (Å²) in [4.78, 5) is 0.272. The summed E-state index contributed by atoms with van der Waals surface area (Å²) in [6, 6.07) is 6.75. The van der Waals surface area contributed by atoms with Crippen LogP contribution < -0.4 is 0 Å². The molecule has 2 fully saturated rings. The molecule has 9 heteroatoms. The van der Waals surface area contributed by atoms with Crippen LogP contribution in [0, 0.1) is 0 Å². The van der Waals surface area contributed by atoms with E-state index in [1.807, 2.05) is 0 Å². The van der Waals surface area contributed by atoms with Crippen LogP contribution in [0.15, 0.2) is 38.8 Å². The Morgan fingerprint density at radius 2 is 2.00 bits per heavy atom. The number of sulfonamides is 1. The average molecular weight is 410 g/mol. The number of benzene rings is 1. The molecule has 0 aliphatic carbocycles. The van der Waals surface area contributed by atoms with Crippen LogP contribution in [-0.4, -0.2) is 54.5 Å². The predicted octanol–water partition coefficient (Wildman–Crippen LogP) is 3.18. The minimum absolute atomic E-state index is 0.239. The van der Waals surface area contributed by atoms with Gasteiger partial charge in [0.05, 0.1) is 11.0 Å². The lowest BCUT2D eigenvalue weighted by molar-refractivity contribution is 0.128. The third-order valence-corrected chi connectivity index (χ3v) is 7.70. The van der Waals surface area contributed by atoms with Gasteiger partial charge in [-0.1, -0.05) is 24.2 Å². The third kappa shape index (κ3) is 4.37. The zero-order chi connectivity index (χ0) is 18.7. The van der Waals surface area contributed by atoms with Crippen molar-refractivity contribution in [1.82, 2.24) is 14.5 Å². The molecular formula is C18H23N3O4S2. The summed E-state index contributed by atoms with van der Waals surface area (Å²) in [5.74, 6) is 1.12. The first kappa shape index (κ1) is 18.9. The Morgan fingerprint density at radius 3 is 2.78 bits per heavy atom. The van der Waals surface area contributed by atoms with Gasteiger partial charge in [0, 0.05) is 31.0 Å². The van der Waals surface area contributed by atoms with Gasteiger partial charge in [0.25, 0.3) is 5.22 Å². The first-order valence-electron chi connectivity index (χ1n) is 9.31. The summed E-state index contributed by atoms with van der Waals surface area (Å²) in [6.07, 6.45) is 5.30. The second-order valence-corrected chi connectivity index (χ2v) is 9.72. The van der Waals surface area contributed by atoms with Gasteiger partial charge in [-0.2, -0.15) is 4.31 Å². The second-order valence-electron chi connectivity index (χ2n) is 6.81. The van der Waals surface area contributed by atoms with Gasteiger partial charge in [-0.15, -0.1) is 10.2 Å². The van der Waals surface area contributed by atoms with Gasteiger partial charge < -0.3 is 9.15 Å². The van der Waals surface area contributed by atoms with Crippen molar-refractivity contribution in [1.29, 1.82) is 0 Å². The number of thioether (sulfide) groups is 1. The molecule has 2 saturated heterocycles. The van der Waals surface area contributed by atoms with Gasteiger partial charge in [0.15, 0.2) is 0 Å². The van der Waals surface area contributed by atoms with E-state index in [1.54, 1.807) is 28.6 Å². The second kappa shape index (κ2) is 8.30. The van der Waals surface area contributed by atoms with Crippen molar-refractivity contribution < 1.29 is 17.6 Å². The van der Waals surface area contributed by atoms with Crippen molar-refractivity contribution in [2.75, 3.05) is 25.4 Å². The number of rotatable bonds is 6. The molecule has 7 nitrogen and oxygen atoms in total. The lowest BCUT2D eigenvalue weighted by Crippen LogP contribution is -2.35. The molecule has 0 amide bonds. The Balaban J connectivity index is 1.49. The van der Waals surface area contributed by atoms with Crippen LogP contribution in [-0.2, 0) is 14.8 Å². The molecule has 1 aromatic carbocycles. The number of nitrogens with zero attached hydrogens (tertiary/aromatic N) is 3. The molecule has 1 aromatic heterocycles. The van der Waals surface area contributed by atoms with Crippen LogP contribution in [0.25, 0.3) is 11.5 Å². The molecule has 0 saturated carbocycles. The van der Waals surface area contributed by atoms with Gasteiger partial charge in [-0.05, 0) is 43.9 Å². The highest BCUT2D eigenvalue weighted by Crippen LogP contribution is 2.28.